The van der Waals surface area contributed by atoms with Crippen molar-refractivity contribution in [2.24, 2.45) is 0 Å². The Morgan fingerprint density at radius 2 is 2.11 bits per heavy atom. The van der Waals surface area contributed by atoms with E-state index in [0.29, 0.717) is 17.1 Å². The van der Waals surface area contributed by atoms with Crippen molar-refractivity contribution in [3.63, 3.8) is 0 Å². The molecule has 2 aromatic carbocycles. The SMILES string of the molecule is CCc1cc(Oc2c(F)cccc2C=O)ccc1Cl. The van der Waals surface area contributed by atoms with E-state index in [4.69, 9.17) is 16.3 Å². The van der Waals surface area contributed by atoms with E-state index in [1.807, 2.05) is 6.92 Å². The summed E-state index contributed by atoms with van der Waals surface area (Å²) in [5.74, 6) is -0.186. The first-order valence-corrected chi connectivity index (χ1v) is 6.23. The highest BCUT2D eigenvalue weighted by molar-refractivity contribution is 6.31. The first-order valence-electron chi connectivity index (χ1n) is 5.85. The van der Waals surface area contributed by atoms with Gasteiger partial charge in [0.2, 0.25) is 0 Å². The van der Waals surface area contributed by atoms with Crippen LogP contribution in [-0.2, 0) is 6.42 Å². The van der Waals surface area contributed by atoms with Crippen molar-refractivity contribution in [1.29, 1.82) is 0 Å². The zero-order valence-corrected chi connectivity index (χ0v) is 11.1. The molecule has 0 amide bonds. The molecule has 0 N–H and O–H groups in total. The summed E-state index contributed by atoms with van der Waals surface area (Å²) in [5, 5.41) is 0.638. The third-order valence-corrected chi connectivity index (χ3v) is 3.11. The van der Waals surface area contributed by atoms with E-state index in [-0.39, 0.29) is 11.3 Å². The molecule has 0 fully saturated rings. The Labute approximate surface area is 115 Å². The number of carbonyl (C=O) groups excluding carboxylic acids is 1. The summed E-state index contributed by atoms with van der Waals surface area (Å²) in [6.45, 7) is 1.96. The summed E-state index contributed by atoms with van der Waals surface area (Å²) in [5.41, 5.74) is 1.08. The Balaban J connectivity index is 2.39. The van der Waals surface area contributed by atoms with Gasteiger partial charge in [-0.1, -0.05) is 24.6 Å². The van der Waals surface area contributed by atoms with E-state index in [0.717, 1.165) is 12.0 Å². The van der Waals surface area contributed by atoms with Crippen molar-refractivity contribution in [2.75, 3.05) is 0 Å². The van der Waals surface area contributed by atoms with Gasteiger partial charge < -0.3 is 4.74 Å². The van der Waals surface area contributed by atoms with Crippen LogP contribution in [0.2, 0.25) is 5.02 Å². The summed E-state index contributed by atoms with van der Waals surface area (Å²) in [7, 11) is 0. The second-order valence-electron chi connectivity index (χ2n) is 3.98. The number of halogens is 2. The highest BCUT2D eigenvalue weighted by Gasteiger charge is 2.11. The van der Waals surface area contributed by atoms with Gasteiger partial charge in [0.05, 0.1) is 5.56 Å². The van der Waals surface area contributed by atoms with E-state index < -0.39 is 5.82 Å². The normalized spacial score (nSPS) is 10.3. The van der Waals surface area contributed by atoms with Crippen LogP contribution in [0.1, 0.15) is 22.8 Å². The molecule has 0 saturated heterocycles. The molecule has 0 aliphatic rings. The van der Waals surface area contributed by atoms with E-state index in [9.17, 15) is 9.18 Å². The van der Waals surface area contributed by atoms with Crippen LogP contribution in [0.5, 0.6) is 11.5 Å². The molecular formula is C15H12ClFO2. The van der Waals surface area contributed by atoms with Gasteiger partial charge in [-0.3, -0.25) is 4.79 Å². The van der Waals surface area contributed by atoms with Crippen LogP contribution >= 0.6 is 11.6 Å². The van der Waals surface area contributed by atoms with Gasteiger partial charge in [-0.25, -0.2) is 4.39 Å². The monoisotopic (exact) mass is 278 g/mol. The topological polar surface area (TPSA) is 26.3 Å². The lowest BCUT2D eigenvalue weighted by Crippen LogP contribution is -1.95. The van der Waals surface area contributed by atoms with Crippen LogP contribution in [-0.4, -0.2) is 6.29 Å². The maximum absolute atomic E-state index is 13.7. The summed E-state index contributed by atoms with van der Waals surface area (Å²) in [4.78, 5) is 10.9. The Morgan fingerprint density at radius 1 is 1.32 bits per heavy atom. The molecule has 0 heterocycles. The largest absolute Gasteiger partial charge is 0.454 e. The van der Waals surface area contributed by atoms with Crippen molar-refractivity contribution in [3.05, 3.63) is 58.4 Å². The lowest BCUT2D eigenvalue weighted by atomic mass is 10.1. The zero-order chi connectivity index (χ0) is 13.8. The van der Waals surface area contributed by atoms with Gasteiger partial charge in [-0.2, -0.15) is 0 Å². The second kappa shape index (κ2) is 5.85. The summed E-state index contributed by atoms with van der Waals surface area (Å²) in [6, 6.07) is 9.29. The third-order valence-electron chi connectivity index (χ3n) is 2.74. The summed E-state index contributed by atoms with van der Waals surface area (Å²) in [6.07, 6.45) is 1.31. The molecule has 19 heavy (non-hydrogen) atoms. The van der Waals surface area contributed by atoms with Gasteiger partial charge in [0.15, 0.2) is 17.9 Å². The van der Waals surface area contributed by atoms with Crippen LogP contribution in [0.4, 0.5) is 4.39 Å². The fourth-order valence-corrected chi connectivity index (χ4v) is 1.98. The van der Waals surface area contributed by atoms with Gasteiger partial charge in [0.25, 0.3) is 0 Å². The standard InChI is InChI=1S/C15H12ClFO2/c1-2-10-8-12(6-7-13(10)16)19-15-11(9-18)4-3-5-14(15)17/h3-9H,2H2,1H3. The quantitative estimate of drug-likeness (QED) is 0.761. The van der Waals surface area contributed by atoms with Crippen molar-refractivity contribution in [1.82, 2.24) is 0 Å². The van der Waals surface area contributed by atoms with E-state index in [1.54, 1.807) is 18.2 Å². The Kier molecular flexibility index (Phi) is 4.17. The Hall–Kier alpha value is -1.87. The smallest absolute Gasteiger partial charge is 0.173 e. The van der Waals surface area contributed by atoms with E-state index >= 15 is 0 Å². The van der Waals surface area contributed by atoms with Crippen molar-refractivity contribution >= 4 is 17.9 Å². The molecule has 0 unspecified atom stereocenters. The summed E-state index contributed by atoms with van der Waals surface area (Å²) < 4.78 is 19.1. The first-order chi connectivity index (χ1) is 9.15. The predicted octanol–water partition coefficient (Wildman–Crippen LogP) is 4.65. The van der Waals surface area contributed by atoms with Crippen LogP contribution in [0.25, 0.3) is 0 Å². The fraction of sp³-hybridized carbons (Fsp3) is 0.133. The Morgan fingerprint density at radius 3 is 2.79 bits per heavy atom. The number of para-hydroxylation sites is 1. The molecule has 0 saturated carbocycles. The third kappa shape index (κ3) is 2.93. The molecule has 0 atom stereocenters. The molecule has 2 aromatic rings. The minimum absolute atomic E-state index is 0.0677. The molecule has 0 radical (unpaired) electrons. The van der Waals surface area contributed by atoms with Crippen LogP contribution in [0.3, 0.4) is 0 Å². The average molecular weight is 279 g/mol. The highest BCUT2D eigenvalue weighted by Crippen LogP contribution is 2.30. The molecule has 2 nitrogen and oxygen atoms in total. The van der Waals surface area contributed by atoms with E-state index in [2.05, 4.69) is 0 Å². The van der Waals surface area contributed by atoms with Crippen molar-refractivity contribution in [2.45, 2.75) is 13.3 Å². The molecule has 0 aliphatic heterocycles. The number of benzene rings is 2. The van der Waals surface area contributed by atoms with Gasteiger partial charge in [-0.05, 0) is 42.3 Å². The average Bonchev–Trinajstić information content (AvgIpc) is 2.43. The van der Waals surface area contributed by atoms with Crippen molar-refractivity contribution in [3.8, 4) is 11.5 Å². The highest BCUT2D eigenvalue weighted by atomic mass is 35.5. The fourth-order valence-electron chi connectivity index (χ4n) is 1.73. The Bertz CT molecular complexity index is 611. The minimum atomic E-state index is -0.572. The van der Waals surface area contributed by atoms with Gasteiger partial charge in [0.1, 0.15) is 5.75 Å². The number of hydrogen-bond acceptors (Lipinski definition) is 2. The molecule has 0 spiro atoms. The minimum Gasteiger partial charge on any atom is -0.454 e. The number of ether oxygens (including phenoxy) is 1. The lowest BCUT2D eigenvalue weighted by molar-refractivity contribution is 0.112. The van der Waals surface area contributed by atoms with Gasteiger partial charge >= 0.3 is 0 Å². The summed E-state index contributed by atoms with van der Waals surface area (Å²) >= 11 is 6.00. The molecule has 0 bridgehead atoms. The number of rotatable bonds is 4. The molecule has 2 rings (SSSR count). The maximum Gasteiger partial charge on any atom is 0.173 e. The van der Waals surface area contributed by atoms with Crippen LogP contribution in [0.15, 0.2) is 36.4 Å². The van der Waals surface area contributed by atoms with Gasteiger partial charge in [-0.15, -0.1) is 0 Å². The van der Waals surface area contributed by atoms with E-state index in [1.165, 1.54) is 18.2 Å². The van der Waals surface area contributed by atoms with Crippen molar-refractivity contribution < 1.29 is 13.9 Å². The number of carbonyl (C=O) groups is 1. The zero-order valence-electron chi connectivity index (χ0n) is 10.3. The number of aldehydes is 1. The molecule has 4 heteroatoms. The van der Waals surface area contributed by atoms with Gasteiger partial charge in [0, 0.05) is 5.02 Å². The number of hydrogen-bond donors (Lipinski definition) is 0. The number of aryl methyl sites for hydroxylation is 1. The lowest BCUT2D eigenvalue weighted by Gasteiger charge is -2.10. The first kappa shape index (κ1) is 13.6. The second-order valence-corrected chi connectivity index (χ2v) is 4.39. The van der Waals surface area contributed by atoms with Crippen LogP contribution < -0.4 is 4.74 Å². The molecular weight excluding hydrogens is 267 g/mol. The molecule has 98 valence electrons. The predicted molar refractivity (Wildman–Crippen MR) is 72.7 cm³/mol. The maximum atomic E-state index is 13.7. The molecule has 0 aromatic heterocycles. The van der Waals surface area contributed by atoms with Crippen LogP contribution in [0, 0.1) is 5.82 Å². The molecule has 0 aliphatic carbocycles.